The molecule has 0 saturated carbocycles. The summed E-state index contributed by atoms with van der Waals surface area (Å²) >= 11 is 0. The van der Waals surface area contributed by atoms with Gasteiger partial charge in [-0.2, -0.15) is 13.2 Å². The summed E-state index contributed by atoms with van der Waals surface area (Å²) in [5.41, 5.74) is 1.26. The number of nitrogens with zero attached hydrogens (tertiary/aromatic N) is 2. The molecule has 0 radical (unpaired) electrons. The van der Waals surface area contributed by atoms with Crippen LogP contribution < -0.4 is 11.0 Å². The molecule has 0 aliphatic heterocycles. The van der Waals surface area contributed by atoms with E-state index >= 15 is 0 Å². The molecule has 5 nitrogen and oxygen atoms in total. The number of fused-ring (bicyclic) bond motifs is 1. The fourth-order valence-electron chi connectivity index (χ4n) is 3.11. The molecule has 2 aromatic carbocycles. The van der Waals surface area contributed by atoms with Gasteiger partial charge in [-0.25, -0.2) is 4.79 Å². The van der Waals surface area contributed by atoms with Crippen LogP contribution in [0.3, 0.4) is 0 Å². The maximum absolute atomic E-state index is 12.6. The van der Waals surface area contributed by atoms with Crippen molar-refractivity contribution < 1.29 is 18.0 Å². The number of aryl methyl sites for hydroxylation is 2. The third kappa shape index (κ3) is 4.11. The van der Waals surface area contributed by atoms with Crippen molar-refractivity contribution in [3.63, 3.8) is 0 Å². The van der Waals surface area contributed by atoms with Gasteiger partial charge in [-0.15, -0.1) is 0 Å². The Bertz CT molecular complexity index is 1030. The van der Waals surface area contributed by atoms with E-state index in [1.807, 2.05) is 31.2 Å². The number of carbonyl (C=O) groups excluding carboxylic acids is 1. The van der Waals surface area contributed by atoms with Crippen LogP contribution in [0.15, 0.2) is 53.3 Å². The van der Waals surface area contributed by atoms with E-state index in [0.717, 1.165) is 23.2 Å². The molecule has 1 amide bonds. The molecule has 1 heterocycles. The number of benzene rings is 2. The summed E-state index contributed by atoms with van der Waals surface area (Å²) < 4.78 is 40.9. The van der Waals surface area contributed by atoms with Crippen molar-refractivity contribution in [2.45, 2.75) is 39.2 Å². The van der Waals surface area contributed by atoms with Gasteiger partial charge in [-0.1, -0.05) is 24.3 Å². The van der Waals surface area contributed by atoms with Crippen molar-refractivity contribution in [1.82, 2.24) is 14.5 Å². The van der Waals surface area contributed by atoms with Gasteiger partial charge in [0.15, 0.2) is 0 Å². The zero-order valence-electron chi connectivity index (χ0n) is 15.3. The van der Waals surface area contributed by atoms with Crippen LogP contribution in [0.1, 0.15) is 24.5 Å². The zero-order valence-corrected chi connectivity index (χ0v) is 15.3. The Morgan fingerprint density at radius 2 is 1.61 bits per heavy atom. The monoisotopic (exact) mass is 391 g/mol. The summed E-state index contributed by atoms with van der Waals surface area (Å²) in [7, 11) is 0. The lowest BCUT2D eigenvalue weighted by molar-refractivity contribution is -0.137. The van der Waals surface area contributed by atoms with Gasteiger partial charge in [0, 0.05) is 26.1 Å². The molecule has 148 valence electrons. The number of aromatic nitrogens is 2. The summed E-state index contributed by atoms with van der Waals surface area (Å²) in [6.45, 7) is 2.77. The molecule has 0 saturated heterocycles. The van der Waals surface area contributed by atoms with Gasteiger partial charge in [-0.05, 0) is 36.8 Å². The second-order valence-corrected chi connectivity index (χ2v) is 6.39. The fourth-order valence-corrected chi connectivity index (χ4v) is 3.11. The maximum atomic E-state index is 12.6. The molecule has 0 bridgehead atoms. The Morgan fingerprint density at radius 3 is 2.18 bits per heavy atom. The Kier molecular flexibility index (Phi) is 5.58. The van der Waals surface area contributed by atoms with Crippen LogP contribution in [-0.4, -0.2) is 15.0 Å². The van der Waals surface area contributed by atoms with E-state index in [0.29, 0.717) is 12.1 Å². The van der Waals surface area contributed by atoms with E-state index in [4.69, 9.17) is 0 Å². The molecule has 0 atom stereocenters. The summed E-state index contributed by atoms with van der Waals surface area (Å²) in [5.74, 6) is -0.278. The number of hydrogen-bond acceptors (Lipinski definition) is 2. The van der Waals surface area contributed by atoms with Gasteiger partial charge >= 0.3 is 11.9 Å². The quantitative estimate of drug-likeness (QED) is 0.699. The molecule has 0 fully saturated rings. The average Bonchev–Trinajstić information content (AvgIpc) is 2.95. The molecule has 1 aromatic heterocycles. The standard InChI is InChI=1S/C20H20F3N3O2/c1-2-25-16-5-3-4-6-17(16)26(19(25)28)12-11-18(27)24-13-14-7-9-15(10-8-14)20(21,22)23/h3-10H,2,11-13H2,1H3,(H,24,27). The fraction of sp³-hybridized carbons (Fsp3) is 0.300. The topological polar surface area (TPSA) is 56.0 Å². The van der Waals surface area contributed by atoms with Crippen molar-refractivity contribution >= 4 is 16.9 Å². The molecule has 28 heavy (non-hydrogen) atoms. The number of carbonyl (C=O) groups is 1. The smallest absolute Gasteiger partial charge is 0.352 e. The molecule has 8 heteroatoms. The van der Waals surface area contributed by atoms with Crippen molar-refractivity contribution in [2.75, 3.05) is 0 Å². The number of imidazole rings is 1. The Hall–Kier alpha value is -3.03. The molecule has 3 aromatic rings. The van der Waals surface area contributed by atoms with Crippen LogP contribution >= 0.6 is 0 Å². The average molecular weight is 391 g/mol. The Labute approximate surface area is 159 Å². The molecule has 0 unspecified atom stereocenters. The lowest BCUT2D eigenvalue weighted by Gasteiger charge is -2.09. The summed E-state index contributed by atoms with van der Waals surface area (Å²) in [6.07, 6.45) is -4.29. The van der Waals surface area contributed by atoms with Gasteiger partial charge < -0.3 is 5.32 Å². The number of hydrogen-bond donors (Lipinski definition) is 1. The van der Waals surface area contributed by atoms with E-state index in [9.17, 15) is 22.8 Å². The molecular formula is C20H20F3N3O2. The minimum atomic E-state index is -4.38. The van der Waals surface area contributed by atoms with E-state index < -0.39 is 11.7 Å². The van der Waals surface area contributed by atoms with E-state index in [2.05, 4.69) is 5.32 Å². The third-order valence-electron chi connectivity index (χ3n) is 4.57. The minimum absolute atomic E-state index is 0.0955. The number of amides is 1. The first-order valence-corrected chi connectivity index (χ1v) is 8.92. The largest absolute Gasteiger partial charge is 0.416 e. The highest BCUT2D eigenvalue weighted by Gasteiger charge is 2.29. The summed E-state index contributed by atoms with van der Waals surface area (Å²) in [5, 5.41) is 2.67. The number of halogens is 3. The molecular weight excluding hydrogens is 371 g/mol. The molecule has 0 spiro atoms. The summed E-state index contributed by atoms with van der Waals surface area (Å²) in [6, 6.07) is 12.0. The van der Waals surface area contributed by atoms with Crippen LogP contribution in [0.25, 0.3) is 11.0 Å². The first kappa shape index (κ1) is 19.7. The van der Waals surface area contributed by atoms with Crippen LogP contribution in [0.5, 0.6) is 0 Å². The van der Waals surface area contributed by atoms with Gasteiger partial charge in [0.1, 0.15) is 0 Å². The van der Waals surface area contributed by atoms with E-state index in [-0.39, 0.29) is 31.1 Å². The van der Waals surface area contributed by atoms with Crippen LogP contribution in [0.2, 0.25) is 0 Å². The molecule has 0 aliphatic rings. The van der Waals surface area contributed by atoms with Crippen molar-refractivity contribution in [3.8, 4) is 0 Å². The van der Waals surface area contributed by atoms with E-state index in [1.165, 1.54) is 12.1 Å². The first-order chi connectivity index (χ1) is 13.3. The van der Waals surface area contributed by atoms with Crippen molar-refractivity contribution in [3.05, 3.63) is 70.1 Å². The van der Waals surface area contributed by atoms with Crippen LogP contribution in [0.4, 0.5) is 13.2 Å². The molecule has 0 aliphatic carbocycles. The van der Waals surface area contributed by atoms with Gasteiger partial charge in [-0.3, -0.25) is 13.9 Å². The lowest BCUT2D eigenvalue weighted by atomic mass is 10.1. The number of para-hydroxylation sites is 2. The van der Waals surface area contributed by atoms with Gasteiger partial charge in [0.05, 0.1) is 16.6 Å². The number of nitrogens with one attached hydrogen (secondary N) is 1. The third-order valence-corrected chi connectivity index (χ3v) is 4.57. The highest BCUT2D eigenvalue weighted by Crippen LogP contribution is 2.29. The van der Waals surface area contributed by atoms with Crippen molar-refractivity contribution in [2.24, 2.45) is 0 Å². The Morgan fingerprint density at radius 1 is 1.00 bits per heavy atom. The zero-order chi connectivity index (χ0) is 20.3. The highest BCUT2D eigenvalue weighted by atomic mass is 19.4. The van der Waals surface area contributed by atoms with Crippen molar-refractivity contribution in [1.29, 1.82) is 0 Å². The second-order valence-electron chi connectivity index (χ2n) is 6.39. The number of alkyl halides is 3. The normalized spacial score (nSPS) is 11.7. The second kappa shape index (κ2) is 7.92. The maximum Gasteiger partial charge on any atom is 0.416 e. The number of rotatable bonds is 6. The Balaban J connectivity index is 1.62. The molecule has 1 N–H and O–H groups in total. The van der Waals surface area contributed by atoms with E-state index in [1.54, 1.807) is 9.13 Å². The van der Waals surface area contributed by atoms with Crippen LogP contribution in [0, 0.1) is 0 Å². The molecule has 3 rings (SSSR count). The van der Waals surface area contributed by atoms with Gasteiger partial charge in [0.2, 0.25) is 5.91 Å². The predicted octanol–water partition coefficient (Wildman–Crippen LogP) is 3.55. The first-order valence-electron chi connectivity index (χ1n) is 8.92. The minimum Gasteiger partial charge on any atom is -0.352 e. The van der Waals surface area contributed by atoms with Crippen LogP contribution in [-0.2, 0) is 30.6 Å². The lowest BCUT2D eigenvalue weighted by Crippen LogP contribution is -2.28. The SMILES string of the molecule is CCn1c(=O)n(CCC(=O)NCc2ccc(C(F)(F)F)cc2)c2ccccc21. The predicted molar refractivity (Wildman–Crippen MR) is 99.8 cm³/mol. The summed E-state index contributed by atoms with van der Waals surface area (Å²) in [4.78, 5) is 24.7. The highest BCUT2D eigenvalue weighted by molar-refractivity contribution is 5.78. The van der Waals surface area contributed by atoms with Gasteiger partial charge in [0.25, 0.3) is 0 Å².